The Balaban J connectivity index is 1.84. The van der Waals surface area contributed by atoms with Gasteiger partial charge in [0.25, 0.3) is 0 Å². The van der Waals surface area contributed by atoms with E-state index >= 15 is 0 Å². The number of benzene rings is 1. The molecule has 1 aliphatic rings. The summed E-state index contributed by atoms with van der Waals surface area (Å²) in [5, 5.41) is 3.71. The molecule has 0 N–H and O–H groups in total. The van der Waals surface area contributed by atoms with Crippen molar-refractivity contribution in [2.75, 3.05) is 13.1 Å². The van der Waals surface area contributed by atoms with Crippen LogP contribution in [-0.4, -0.2) is 34.0 Å². The fourth-order valence-corrected chi connectivity index (χ4v) is 2.85. The lowest BCUT2D eigenvalue weighted by Crippen LogP contribution is -2.27. The van der Waals surface area contributed by atoms with Crippen LogP contribution in [0, 0.1) is 0 Å². The Morgan fingerprint density at radius 2 is 2.12 bits per heavy atom. The molecule has 1 fully saturated rings. The number of carbonyl (C=O) groups excluding carboxylic acids is 1. The zero-order chi connectivity index (χ0) is 17.3. The normalized spacial score (nSPS) is 18.2. The molecule has 0 radical (unpaired) electrons. The average molecular weight is 339 g/mol. The summed E-state index contributed by atoms with van der Waals surface area (Å²) < 4.78 is 44.4. The number of nitrogens with zero attached hydrogens (tertiary/aromatic N) is 3. The Morgan fingerprint density at radius 1 is 1.38 bits per heavy atom. The number of alkyl halides is 3. The molecule has 24 heavy (non-hydrogen) atoms. The minimum atomic E-state index is -4.49. The van der Waals surface area contributed by atoms with E-state index in [0.717, 1.165) is 6.07 Å². The molecule has 1 amide bonds. The number of likely N-dealkylation sites (tertiary alicyclic amines) is 1. The van der Waals surface area contributed by atoms with Gasteiger partial charge in [0, 0.05) is 25.1 Å². The molecule has 1 atom stereocenters. The third-order valence-corrected chi connectivity index (χ3v) is 4.11. The summed E-state index contributed by atoms with van der Waals surface area (Å²) in [6.45, 7) is 2.83. The first-order valence-corrected chi connectivity index (χ1v) is 7.68. The average Bonchev–Trinajstić information content (AvgIpc) is 3.22. The van der Waals surface area contributed by atoms with E-state index in [4.69, 9.17) is 4.52 Å². The quantitative estimate of drug-likeness (QED) is 0.859. The number of hydrogen-bond donors (Lipinski definition) is 0. The van der Waals surface area contributed by atoms with E-state index in [1.165, 1.54) is 18.2 Å². The lowest BCUT2D eigenvalue weighted by atomic mass is 10.1. The molecule has 0 aliphatic carbocycles. The van der Waals surface area contributed by atoms with Gasteiger partial charge in [0.2, 0.25) is 17.6 Å². The summed E-state index contributed by atoms with van der Waals surface area (Å²) in [7, 11) is 0. The van der Waals surface area contributed by atoms with E-state index in [1.807, 2.05) is 0 Å². The lowest BCUT2D eigenvalue weighted by Gasteiger charge is -2.13. The number of carbonyl (C=O) groups is 1. The highest BCUT2D eigenvalue weighted by atomic mass is 19.4. The monoisotopic (exact) mass is 339 g/mol. The first-order valence-electron chi connectivity index (χ1n) is 7.68. The van der Waals surface area contributed by atoms with Gasteiger partial charge < -0.3 is 9.42 Å². The maximum atomic E-state index is 13.1. The molecule has 1 aliphatic heterocycles. The Kier molecular flexibility index (Phi) is 4.29. The van der Waals surface area contributed by atoms with Crippen LogP contribution in [0.2, 0.25) is 0 Å². The van der Waals surface area contributed by atoms with E-state index in [1.54, 1.807) is 11.8 Å². The third kappa shape index (κ3) is 3.13. The number of aromatic nitrogens is 2. The van der Waals surface area contributed by atoms with Crippen LogP contribution in [0.3, 0.4) is 0 Å². The summed E-state index contributed by atoms with van der Waals surface area (Å²) >= 11 is 0. The van der Waals surface area contributed by atoms with Crippen LogP contribution < -0.4 is 0 Å². The second-order valence-electron chi connectivity index (χ2n) is 5.68. The summed E-state index contributed by atoms with van der Waals surface area (Å²) in [5.74, 6) is 0.0889. The van der Waals surface area contributed by atoms with E-state index in [0.29, 0.717) is 25.9 Å². The van der Waals surface area contributed by atoms with Crippen molar-refractivity contribution in [3.63, 3.8) is 0 Å². The molecule has 1 saturated heterocycles. The molecule has 5 nitrogen and oxygen atoms in total. The van der Waals surface area contributed by atoms with E-state index < -0.39 is 11.7 Å². The highest BCUT2D eigenvalue weighted by Crippen LogP contribution is 2.36. The summed E-state index contributed by atoms with van der Waals surface area (Å²) in [6.07, 6.45) is -3.41. The molecule has 128 valence electrons. The Labute approximate surface area is 136 Å². The van der Waals surface area contributed by atoms with Crippen LogP contribution in [0.25, 0.3) is 11.4 Å². The predicted molar refractivity (Wildman–Crippen MR) is 79.0 cm³/mol. The number of halogens is 3. The summed E-state index contributed by atoms with van der Waals surface area (Å²) in [6, 6.07) is 5.12. The van der Waals surface area contributed by atoms with Gasteiger partial charge in [0.15, 0.2) is 0 Å². The van der Waals surface area contributed by atoms with E-state index in [-0.39, 0.29) is 29.1 Å². The van der Waals surface area contributed by atoms with Gasteiger partial charge in [0.1, 0.15) is 0 Å². The Bertz CT molecular complexity index is 742. The molecule has 0 unspecified atom stereocenters. The minimum absolute atomic E-state index is 0.0413. The molecule has 0 saturated carbocycles. The fraction of sp³-hybridized carbons (Fsp3) is 0.438. The molecule has 1 aromatic carbocycles. The minimum Gasteiger partial charge on any atom is -0.342 e. The zero-order valence-corrected chi connectivity index (χ0v) is 13.0. The van der Waals surface area contributed by atoms with Crippen LogP contribution in [-0.2, 0) is 11.0 Å². The Morgan fingerprint density at radius 3 is 2.83 bits per heavy atom. The van der Waals surface area contributed by atoms with Gasteiger partial charge in [-0.2, -0.15) is 18.2 Å². The van der Waals surface area contributed by atoms with Crippen molar-refractivity contribution in [1.29, 1.82) is 0 Å². The molecule has 8 heteroatoms. The summed E-state index contributed by atoms with van der Waals surface area (Å²) in [4.78, 5) is 17.6. The fourth-order valence-electron chi connectivity index (χ4n) is 2.85. The van der Waals surface area contributed by atoms with Crippen molar-refractivity contribution in [3.05, 3.63) is 35.7 Å². The van der Waals surface area contributed by atoms with E-state index in [9.17, 15) is 18.0 Å². The van der Waals surface area contributed by atoms with Crippen LogP contribution in [0.5, 0.6) is 0 Å². The van der Waals surface area contributed by atoms with Crippen molar-refractivity contribution in [1.82, 2.24) is 15.0 Å². The number of rotatable bonds is 3. The first-order chi connectivity index (χ1) is 11.4. The van der Waals surface area contributed by atoms with Gasteiger partial charge in [-0.3, -0.25) is 4.79 Å². The second-order valence-corrected chi connectivity index (χ2v) is 5.68. The SMILES string of the molecule is CCC(=O)N1CC[C@H](c2nc(-c3ccccc3C(F)(F)F)no2)C1. The topological polar surface area (TPSA) is 59.2 Å². The van der Waals surface area contributed by atoms with Gasteiger partial charge >= 0.3 is 6.18 Å². The predicted octanol–water partition coefficient (Wildman–Crippen LogP) is 3.48. The van der Waals surface area contributed by atoms with E-state index in [2.05, 4.69) is 10.1 Å². The molecular formula is C16H16F3N3O2. The number of amides is 1. The lowest BCUT2D eigenvalue weighted by molar-refractivity contribution is -0.137. The zero-order valence-electron chi connectivity index (χ0n) is 13.0. The van der Waals surface area contributed by atoms with Crippen molar-refractivity contribution >= 4 is 5.91 Å². The van der Waals surface area contributed by atoms with Gasteiger partial charge in [-0.05, 0) is 12.5 Å². The molecular weight excluding hydrogens is 323 g/mol. The van der Waals surface area contributed by atoms with Crippen molar-refractivity contribution in [3.8, 4) is 11.4 Å². The van der Waals surface area contributed by atoms with Crippen LogP contribution >= 0.6 is 0 Å². The molecule has 0 bridgehead atoms. The van der Waals surface area contributed by atoms with Crippen molar-refractivity contribution in [2.45, 2.75) is 31.9 Å². The van der Waals surface area contributed by atoms with Crippen LogP contribution in [0.4, 0.5) is 13.2 Å². The molecule has 2 aromatic rings. The van der Waals surface area contributed by atoms with Crippen molar-refractivity contribution in [2.24, 2.45) is 0 Å². The largest absolute Gasteiger partial charge is 0.417 e. The molecule has 0 spiro atoms. The standard InChI is InChI=1S/C16H16F3N3O2/c1-2-13(23)22-8-7-10(9-22)15-20-14(21-24-15)11-5-3-4-6-12(11)16(17,18)19/h3-6,10H,2,7-9H2,1H3/t10-/m0/s1. The number of hydrogen-bond acceptors (Lipinski definition) is 4. The smallest absolute Gasteiger partial charge is 0.342 e. The first kappa shape index (κ1) is 16.5. The van der Waals surface area contributed by atoms with Gasteiger partial charge in [-0.1, -0.05) is 30.3 Å². The van der Waals surface area contributed by atoms with Gasteiger partial charge in [-0.15, -0.1) is 0 Å². The molecule has 2 heterocycles. The van der Waals surface area contributed by atoms with Gasteiger partial charge in [-0.25, -0.2) is 0 Å². The maximum Gasteiger partial charge on any atom is 0.417 e. The van der Waals surface area contributed by atoms with Gasteiger partial charge in [0.05, 0.1) is 11.5 Å². The van der Waals surface area contributed by atoms with Crippen molar-refractivity contribution < 1.29 is 22.5 Å². The second kappa shape index (κ2) is 6.26. The highest BCUT2D eigenvalue weighted by molar-refractivity contribution is 5.76. The summed E-state index contributed by atoms with van der Waals surface area (Å²) in [5.41, 5.74) is -0.911. The van der Waals surface area contributed by atoms with Crippen LogP contribution in [0.1, 0.15) is 37.1 Å². The highest BCUT2D eigenvalue weighted by Gasteiger charge is 2.35. The Hall–Kier alpha value is -2.38. The molecule has 1 aromatic heterocycles. The van der Waals surface area contributed by atoms with Crippen LogP contribution in [0.15, 0.2) is 28.8 Å². The third-order valence-electron chi connectivity index (χ3n) is 4.11. The molecule has 3 rings (SSSR count). The maximum absolute atomic E-state index is 13.1.